The third-order valence-electron chi connectivity index (χ3n) is 1.38. The zero-order valence-electron chi connectivity index (χ0n) is 6.78. The van der Waals surface area contributed by atoms with Gasteiger partial charge in [0.25, 0.3) is 0 Å². The number of hydrogen-bond acceptors (Lipinski definition) is 2. The third kappa shape index (κ3) is 1.55. The topological polar surface area (TPSA) is 30.2 Å². The molecule has 0 aromatic carbocycles. The van der Waals surface area contributed by atoms with E-state index in [0.29, 0.717) is 5.62 Å². The van der Waals surface area contributed by atoms with Gasteiger partial charge in [-0.2, -0.15) is 0 Å². The number of aryl methyl sites for hydroxylation is 1. The number of hydrogen-bond donors (Lipinski definition) is 0. The summed E-state index contributed by atoms with van der Waals surface area (Å²) >= 11 is 0. The molecular weight excluding hydrogens is 138 g/mol. The molecule has 0 amide bonds. The van der Waals surface area contributed by atoms with E-state index in [4.69, 9.17) is 0 Å². The summed E-state index contributed by atoms with van der Waals surface area (Å²) in [7, 11) is 1.71. The third-order valence-corrected chi connectivity index (χ3v) is 1.38. The smallest absolute Gasteiger partial charge is 0.228 e. The van der Waals surface area contributed by atoms with Crippen molar-refractivity contribution >= 4 is 6.20 Å². The van der Waals surface area contributed by atoms with E-state index in [-0.39, 0.29) is 0 Å². The van der Waals surface area contributed by atoms with Crippen LogP contribution in [0.5, 0.6) is 0 Å². The molecule has 0 aliphatic rings. The van der Waals surface area contributed by atoms with E-state index in [1.165, 1.54) is 0 Å². The second-order valence-corrected chi connectivity index (χ2v) is 2.18. The second kappa shape index (κ2) is 3.14. The Morgan fingerprint density at radius 1 is 1.73 bits per heavy atom. The average Bonchev–Trinajstić information content (AvgIpc) is 2.04. The van der Waals surface area contributed by atoms with Gasteiger partial charge in [-0.15, -0.1) is 0 Å². The van der Waals surface area contributed by atoms with Crippen molar-refractivity contribution < 1.29 is 0 Å². The van der Waals surface area contributed by atoms with Crippen molar-refractivity contribution in [2.45, 2.75) is 6.92 Å². The van der Waals surface area contributed by atoms with E-state index < -0.39 is 0 Å². The quantitative estimate of drug-likeness (QED) is 0.581. The van der Waals surface area contributed by atoms with Gasteiger partial charge >= 0.3 is 0 Å². The minimum Gasteiger partial charge on any atom is -0.294 e. The second-order valence-electron chi connectivity index (χ2n) is 2.18. The summed E-state index contributed by atoms with van der Waals surface area (Å²) in [6.45, 7) is 5.56. The van der Waals surface area contributed by atoms with Gasteiger partial charge < -0.3 is 0 Å². The van der Waals surface area contributed by atoms with Gasteiger partial charge in [0.15, 0.2) is 0 Å². The van der Waals surface area contributed by atoms with Gasteiger partial charge in [0.05, 0.1) is 0 Å². The number of aromatic nitrogens is 2. The first kappa shape index (κ1) is 7.72. The minimum absolute atomic E-state index is 0.681. The largest absolute Gasteiger partial charge is 0.294 e. The number of rotatable bonds is 1. The highest BCUT2D eigenvalue weighted by Gasteiger charge is 1.88. The molecule has 0 bridgehead atoms. The Bertz CT molecular complexity index is 322. The van der Waals surface area contributed by atoms with Gasteiger partial charge in [0, 0.05) is 25.1 Å². The van der Waals surface area contributed by atoms with Crippen LogP contribution in [-0.2, 0) is 0 Å². The van der Waals surface area contributed by atoms with Gasteiger partial charge in [-0.3, -0.25) is 9.56 Å². The molecule has 11 heavy (non-hydrogen) atoms. The van der Waals surface area contributed by atoms with E-state index >= 15 is 0 Å². The molecular formula is C8H11N3. The Hall–Kier alpha value is -1.38. The van der Waals surface area contributed by atoms with E-state index in [1.54, 1.807) is 17.8 Å². The van der Waals surface area contributed by atoms with Gasteiger partial charge in [0.2, 0.25) is 5.62 Å². The van der Waals surface area contributed by atoms with Crippen molar-refractivity contribution in [2.75, 3.05) is 7.05 Å². The Kier molecular flexibility index (Phi) is 2.21. The molecule has 0 aliphatic carbocycles. The first-order valence-electron chi connectivity index (χ1n) is 3.39. The summed E-state index contributed by atoms with van der Waals surface area (Å²) in [6.07, 6.45) is 3.56. The van der Waals surface area contributed by atoms with E-state index in [1.807, 2.05) is 19.2 Å². The fourth-order valence-corrected chi connectivity index (χ4v) is 0.816. The molecule has 1 aromatic rings. The first-order valence-corrected chi connectivity index (χ1v) is 3.39. The van der Waals surface area contributed by atoms with Crippen molar-refractivity contribution in [2.24, 2.45) is 4.99 Å². The Morgan fingerprint density at radius 2 is 2.45 bits per heavy atom. The molecule has 3 nitrogen and oxygen atoms in total. The molecule has 3 heteroatoms. The molecule has 1 aromatic heterocycles. The maximum atomic E-state index is 4.19. The van der Waals surface area contributed by atoms with Crippen LogP contribution in [0.2, 0.25) is 0 Å². The molecule has 0 spiro atoms. The molecule has 0 atom stereocenters. The molecule has 0 aliphatic heterocycles. The average molecular weight is 149 g/mol. The van der Waals surface area contributed by atoms with Crippen LogP contribution in [-0.4, -0.2) is 16.6 Å². The molecule has 0 saturated heterocycles. The predicted molar refractivity (Wildman–Crippen MR) is 44.8 cm³/mol. The maximum absolute atomic E-state index is 4.19. The SMILES string of the molecule is C=Cn1ccc(C)n/c1=N/C. The Labute approximate surface area is 65.7 Å². The lowest BCUT2D eigenvalue weighted by Gasteiger charge is -1.98. The molecule has 58 valence electrons. The van der Waals surface area contributed by atoms with Gasteiger partial charge in [0.1, 0.15) is 0 Å². The predicted octanol–water partition coefficient (Wildman–Crippen LogP) is 0.823. The summed E-state index contributed by atoms with van der Waals surface area (Å²) in [5.41, 5.74) is 1.64. The van der Waals surface area contributed by atoms with E-state index in [9.17, 15) is 0 Å². The summed E-state index contributed by atoms with van der Waals surface area (Å²) < 4.78 is 1.77. The Morgan fingerprint density at radius 3 is 3.00 bits per heavy atom. The first-order chi connectivity index (χ1) is 5.27. The molecule has 1 rings (SSSR count). The summed E-state index contributed by atoms with van der Waals surface area (Å²) in [5.74, 6) is 0. The van der Waals surface area contributed by atoms with Gasteiger partial charge in [-0.25, -0.2) is 4.98 Å². The van der Waals surface area contributed by atoms with E-state index in [2.05, 4.69) is 16.6 Å². The molecule has 1 heterocycles. The lowest BCUT2D eigenvalue weighted by molar-refractivity contribution is 0.880. The summed E-state index contributed by atoms with van der Waals surface area (Å²) in [5, 5.41) is 0. The minimum atomic E-state index is 0.681. The summed E-state index contributed by atoms with van der Waals surface area (Å²) in [6, 6.07) is 1.91. The molecule has 0 fully saturated rings. The van der Waals surface area contributed by atoms with Crippen LogP contribution in [0.4, 0.5) is 0 Å². The zero-order valence-corrected chi connectivity index (χ0v) is 6.78. The molecule has 0 saturated carbocycles. The van der Waals surface area contributed by atoms with Crippen molar-refractivity contribution in [1.82, 2.24) is 9.55 Å². The van der Waals surface area contributed by atoms with Crippen molar-refractivity contribution in [3.8, 4) is 0 Å². The van der Waals surface area contributed by atoms with Gasteiger partial charge in [-0.1, -0.05) is 6.58 Å². The monoisotopic (exact) mass is 149 g/mol. The van der Waals surface area contributed by atoms with Crippen LogP contribution < -0.4 is 5.62 Å². The van der Waals surface area contributed by atoms with Crippen molar-refractivity contribution in [1.29, 1.82) is 0 Å². The maximum Gasteiger partial charge on any atom is 0.228 e. The highest BCUT2D eigenvalue weighted by molar-refractivity contribution is 5.15. The Balaban J connectivity index is 3.40. The normalized spacial score (nSPS) is 11.6. The highest BCUT2D eigenvalue weighted by Crippen LogP contribution is 1.85. The van der Waals surface area contributed by atoms with E-state index in [0.717, 1.165) is 5.69 Å². The fourth-order valence-electron chi connectivity index (χ4n) is 0.816. The van der Waals surface area contributed by atoms with Gasteiger partial charge in [-0.05, 0) is 13.0 Å². The van der Waals surface area contributed by atoms with Crippen LogP contribution in [0.15, 0.2) is 23.8 Å². The van der Waals surface area contributed by atoms with Crippen LogP contribution in [0.3, 0.4) is 0 Å². The fraction of sp³-hybridized carbons (Fsp3) is 0.250. The molecule has 0 radical (unpaired) electrons. The van der Waals surface area contributed by atoms with Crippen LogP contribution in [0, 0.1) is 6.92 Å². The van der Waals surface area contributed by atoms with Crippen molar-refractivity contribution in [3.05, 3.63) is 30.2 Å². The zero-order chi connectivity index (χ0) is 8.27. The van der Waals surface area contributed by atoms with Crippen LogP contribution in [0.25, 0.3) is 6.20 Å². The van der Waals surface area contributed by atoms with Crippen LogP contribution >= 0.6 is 0 Å². The lowest BCUT2D eigenvalue weighted by atomic mass is 10.5. The highest BCUT2D eigenvalue weighted by atomic mass is 15.1. The van der Waals surface area contributed by atoms with Crippen molar-refractivity contribution in [3.63, 3.8) is 0 Å². The lowest BCUT2D eigenvalue weighted by Crippen LogP contribution is -2.20. The molecule has 0 N–H and O–H groups in total. The van der Waals surface area contributed by atoms with Crippen LogP contribution in [0.1, 0.15) is 5.69 Å². The number of nitrogens with zero attached hydrogens (tertiary/aromatic N) is 3. The molecule has 0 unspecified atom stereocenters. The standard InChI is InChI=1S/C8H11N3/c1-4-11-6-5-7(2)10-8(11)9-3/h4-6H,1H2,2-3H3/b9-8-. The summed E-state index contributed by atoms with van der Waals surface area (Å²) in [4.78, 5) is 8.17.